The van der Waals surface area contributed by atoms with Gasteiger partial charge in [-0.15, -0.1) is 0 Å². The number of hydrogen-bond acceptors (Lipinski definition) is 3. The second kappa shape index (κ2) is 4.34. The highest BCUT2D eigenvalue weighted by Crippen LogP contribution is 2.32. The lowest BCUT2D eigenvalue weighted by Crippen LogP contribution is -2.29. The Kier molecular flexibility index (Phi) is 3.06. The summed E-state index contributed by atoms with van der Waals surface area (Å²) in [4.78, 5) is 0. The van der Waals surface area contributed by atoms with Crippen LogP contribution in [-0.4, -0.2) is 18.2 Å². The second-order valence-corrected chi connectivity index (χ2v) is 4.79. The van der Waals surface area contributed by atoms with Crippen LogP contribution in [0.5, 0.6) is 11.5 Å². The summed E-state index contributed by atoms with van der Waals surface area (Å²) in [7, 11) is 0. The quantitative estimate of drug-likeness (QED) is 0.830. The van der Waals surface area contributed by atoms with E-state index in [1.807, 2.05) is 38.1 Å². The van der Waals surface area contributed by atoms with Crippen molar-refractivity contribution in [3.63, 3.8) is 0 Å². The predicted octanol–water partition coefficient (Wildman–Crippen LogP) is 2.34. The third-order valence-electron chi connectivity index (χ3n) is 2.61. The molecule has 0 aliphatic heterocycles. The molecular weight excluding hydrogens is 202 g/mol. The average molecular weight is 221 g/mol. The summed E-state index contributed by atoms with van der Waals surface area (Å²) in [5.74, 6) is 1.73. The molecule has 0 spiro atoms. The van der Waals surface area contributed by atoms with Crippen LogP contribution < -0.4 is 15.2 Å². The molecule has 1 saturated carbocycles. The summed E-state index contributed by atoms with van der Waals surface area (Å²) in [5, 5.41) is 0. The lowest BCUT2D eigenvalue weighted by molar-refractivity contribution is 0.241. The highest BCUT2D eigenvalue weighted by molar-refractivity contribution is 5.31. The first-order chi connectivity index (χ1) is 7.57. The zero-order valence-corrected chi connectivity index (χ0v) is 9.90. The van der Waals surface area contributed by atoms with Gasteiger partial charge in [0, 0.05) is 0 Å². The first-order valence-corrected chi connectivity index (χ1v) is 5.76. The van der Waals surface area contributed by atoms with Crippen LogP contribution in [0.1, 0.15) is 26.7 Å². The second-order valence-electron chi connectivity index (χ2n) is 4.79. The van der Waals surface area contributed by atoms with Crippen molar-refractivity contribution in [2.45, 2.75) is 38.3 Å². The Hall–Kier alpha value is -1.22. The molecule has 2 N–H and O–H groups in total. The molecular formula is C13H19NO2. The van der Waals surface area contributed by atoms with E-state index in [0.717, 1.165) is 24.3 Å². The molecule has 2 rings (SSSR count). The molecule has 0 saturated heterocycles. The van der Waals surface area contributed by atoms with E-state index in [4.69, 9.17) is 15.2 Å². The number of rotatable bonds is 5. The predicted molar refractivity (Wildman–Crippen MR) is 63.9 cm³/mol. The van der Waals surface area contributed by atoms with Crippen molar-refractivity contribution in [1.82, 2.24) is 0 Å². The highest BCUT2D eigenvalue weighted by Gasteiger charge is 2.39. The fraction of sp³-hybridized carbons (Fsp3) is 0.538. The molecule has 1 aromatic rings. The minimum atomic E-state index is -0.0624. The summed E-state index contributed by atoms with van der Waals surface area (Å²) in [6, 6.07) is 7.68. The number of nitrogens with two attached hydrogens (primary N) is 1. The molecule has 3 nitrogen and oxygen atoms in total. The molecule has 0 amide bonds. The molecule has 16 heavy (non-hydrogen) atoms. The van der Waals surface area contributed by atoms with Gasteiger partial charge in [0.1, 0.15) is 18.1 Å². The average Bonchev–Trinajstić information content (AvgIpc) is 2.96. The van der Waals surface area contributed by atoms with Crippen molar-refractivity contribution < 1.29 is 9.47 Å². The molecule has 3 heteroatoms. The van der Waals surface area contributed by atoms with Crippen LogP contribution >= 0.6 is 0 Å². The third-order valence-corrected chi connectivity index (χ3v) is 2.61. The van der Waals surface area contributed by atoms with Gasteiger partial charge in [0.05, 0.1) is 11.6 Å². The van der Waals surface area contributed by atoms with Crippen molar-refractivity contribution in [2.24, 2.45) is 5.73 Å². The molecule has 1 aliphatic rings. The topological polar surface area (TPSA) is 44.5 Å². The summed E-state index contributed by atoms with van der Waals surface area (Å²) in [6.07, 6.45) is 2.34. The van der Waals surface area contributed by atoms with Gasteiger partial charge in [-0.05, 0) is 51.0 Å². The fourth-order valence-corrected chi connectivity index (χ4v) is 1.42. The number of ether oxygens (including phenoxy) is 2. The minimum absolute atomic E-state index is 0.0624. The van der Waals surface area contributed by atoms with E-state index in [9.17, 15) is 0 Å². The first-order valence-electron chi connectivity index (χ1n) is 5.76. The number of benzene rings is 1. The van der Waals surface area contributed by atoms with Crippen LogP contribution in [0.2, 0.25) is 0 Å². The first kappa shape index (κ1) is 11.3. The molecule has 1 aliphatic carbocycles. The standard InChI is InChI=1S/C13H19NO2/c1-10(2)16-12-5-3-11(4-6-12)15-9-13(14)7-8-13/h3-6,10H,7-9,14H2,1-2H3. The monoisotopic (exact) mass is 221 g/mol. The van der Waals surface area contributed by atoms with E-state index in [1.165, 1.54) is 0 Å². The summed E-state index contributed by atoms with van der Waals surface area (Å²) in [6.45, 7) is 4.63. The maximum absolute atomic E-state index is 5.94. The molecule has 88 valence electrons. The molecule has 0 aromatic heterocycles. The zero-order valence-electron chi connectivity index (χ0n) is 9.90. The Morgan fingerprint density at radius 3 is 2.25 bits per heavy atom. The van der Waals surface area contributed by atoms with Crippen molar-refractivity contribution in [2.75, 3.05) is 6.61 Å². The van der Waals surface area contributed by atoms with Crippen LogP contribution in [0.15, 0.2) is 24.3 Å². The maximum Gasteiger partial charge on any atom is 0.119 e. The van der Waals surface area contributed by atoms with E-state index in [2.05, 4.69) is 0 Å². The lowest BCUT2D eigenvalue weighted by Gasteiger charge is -2.12. The molecule has 0 atom stereocenters. The largest absolute Gasteiger partial charge is 0.492 e. The van der Waals surface area contributed by atoms with Gasteiger partial charge in [-0.1, -0.05) is 0 Å². The van der Waals surface area contributed by atoms with Gasteiger partial charge in [-0.3, -0.25) is 0 Å². The zero-order chi connectivity index (χ0) is 11.6. The van der Waals surface area contributed by atoms with Gasteiger partial charge in [-0.2, -0.15) is 0 Å². The van der Waals surface area contributed by atoms with Crippen LogP contribution in [0.25, 0.3) is 0 Å². The van der Waals surface area contributed by atoms with Crippen LogP contribution in [0, 0.1) is 0 Å². The SMILES string of the molecule is CC(C)Oc1ccc(OCC2(N)CC2)cc1. The van der Waals surface area contributed by atoms with E-state index >= 15 is 0 Å². The van der Waals surface area contributed by atoms with Gasteiger partial charge < -0.3 is 15.2 Å². The van der Waals surface area contributed by atoms with Gasteiger partial charge >= 0.3 is 0 Å². The van der Waals surface area contributed by atoms with Crippen LogP contribution in [0.3, 0.4) is 0 Å². The number of hydrogen-bond donors (Lipinski definition) is 1. The van der Waals surface area contributed by atoms with Gasteiger partial charge in [-0.25, -0.2) is 0 Å². The van der Waals surface area contributed by atoms with Crippen molar-refractivity contribution in [3.05, 3.63) is 24.3 Å². The molecule has 0 bridgehead atoms. The van der Waals surface area contributed by atoms with E-state index in [0.29, 0.717) is 6.61 Å². The molecule has 0 radical (unpaired) electrons. The normalized spacial score (nSPS) is 17.2. The van der Waals surface area contributed by atoms with Crippen molar-refractivity contribution in [1.29, 1.82) is 0 Å². The van der Waals surface area contributed by atoms with Gasteiger partial charge in [0.25, 0.3) is 0 Å². The molecule has 1 fully saturated rings. The molecule has 0 unspecified atom stereocenters. The maximum atomic E-state index is 5.94. The Morgan fingerprint density at radius 1 is 1.19 bits per heavy atom. The van der Waals surface area contributed by atoms with Crippen LogP contribution in [0.4, 0.5) is 0 Å². The Morgan fingerprint density at radius 2 is 1.75 bits per heavy atom. The Labute approximate surface area is 96.5 Å². The summed E-state index contributed by atoms with van der Waals surface area (Å²) >= 11 is 0. The third kappa shape index (κ3) is 3.14. The van der Waals surface area contributed by atoms with E-state index in [1.54, 1.807) is 0 Å². The fourth-order valence-electron chi connectivity index (χ4n) is 1.42. The Bertz CT molecular complexity index is 341. The Balaban J connectivity index is 1.86. The van der Waals surface area contributed by atoms with Crippen LogP contribution in [-0.2, 0) is 0 Å². The smallest absolute Gasteiger partial charge is 0.119 e. The van der Waals surface area contributed by atoms with E-state index in [-0.39, 0.29) is 11.6 Å². The van der Waals surface area contributed by atoms with Crippen molar-refractivity contribution >= 4 is 0 Å². The van der Waals surface area contributed by atoms with E-state index < -0.39 is 0 Å². The molecule has 1 aromatic carbocycles. The molecule has 0 heterocycles. The highest BCUT2D eigenvalue weighted by atomic mass is 16.5. The van der Waals surface area contributed by atoms with Gasteiger partial charge in [0.2, 0.25) is 0 Å². The van der Waals surface area contributed by atoms with Gasteiger partial charge in [0.15, 0.2) is 0 Å². The summed E-state index contributed by atoms with van der Waals surface area (Å²) in [5.41, 5.74) is 5.88. The lowest BCUT2D eigenvalue weighted by atomic mass is 10.3. The minimum Gasteiger partial charge on any atom is -0.492 e. The van der Waals surface area contributed by atoms with Crippen molar-refractivity contribution in [3.8, 4) is 11.5 Å². The summed E-state index contributed by atoms with van der Waals surface area (Å²) < 4.78 is 11.2.